The monoisotopic (exact) mass is 314 g/mol. The van der Waals surface area contributed by atoms with Gasteiger partial charge in [-0.1, -0.05) is 12.1 Å². The molecule has 0 N–H and O–H groups in total. The van der Waals surface area contributed by atoms with Crippen molar-refractivity contribution in [3.63, 3.8) is 0 Å². The molecular weight excluding hydrogens is 296 g/mol. The van der Waals surface area contributed by atoms with Crippen molar-refractivity contribution in [2.24, 2.45) is 0 Å². The molecule has 0 aliphatic carbocycles. The van der Waals surface area contributed by atoms with Crippen LogP contribution in [-0.2, 0) is 4.74 Å². The molecule has 1 aliphatic heterocycles. The van der Waals surface area contributed by atoms with E-state index in [0.29, 0.717) is 18.1 Å². The van der Waals surface area contributed by atoms with Gasteiger partial charge in [0.2, 0.25) is 5.88 Å². The summed E-state index contributed by atoms with van der Waals surface area (Å²) in [6.07, 6.45) is 1.35. The number of likely N-dealkylation sites (N-methyl/N-ethyl adjacent to an activating group) is 1. The minimum Gasteiger partial charge on any atom is -0.483 e. The Labute approximate surface area is 134 Å². The molecule has 23 heavy (non-hydrogen) atoms. The van der Waals surface area contributed by atoms with E-state index in [1.165, 1.54) is 13.3 Å². The molecule has 2 heterocycles. The molecule has 0 bridgehead atoms. The molecule has 120 valence electrons. The van der Waals surface area contributed by atoms with Gasteiger partial charge < -0.3 is 19.1 Å². The van der Waals surface area contributed by atoms with E-state index < -0.39 is 5.97 Å². The zero-order chi connectivity index (χ0) is 16.2. The van der Waals surface area contributed by atoms with E-state index in [2.05, 4.69) is 14.6 Å². The number of anilines is 1. The molecule has 6 heteroatoms. The Kier molecular flexibility index (Phi) is 4.32. The Morgan fingerprint density at radius 3 is 2.91 bits per heavy atom. The number of carbonyl (C=O) groups is 1. The molecular formula is C17H18N2O4. The van der Waals surface area contributed by atoms with Crippen LogP contribution in [0.1, 0.15) is 10.4 Å². The average molecular weight is 314 g/mol. The smallest absolute Gasteiger partial charge is 0.339 e. The number of hydrogen-bond donors (Lipinski definition) is 0. The molecule has 0 unspecified atom stereocenters. The van der Waals surface area contributed by atoms with Gasteiger partial charge in [0.05, 0.1) is 24.9 Å². The number of benzene rings is 1. The molecule has 0 fully saturated rings. The van der Waals surface area contributed by atoms with Crippen LogP contribution in [0.15, 0.2) is 42.6 Å². The normalized spacial score (nSPS) is 16.3. The van der Waals surface area contributed by atoms with Gasteiger partial charge in [-0.05, 0) is 18.2 Å². The molecule has 1 atom stereocenters. The summed E-state index contributed by atoms with van der Waals surface area (Å²) in [7, 11) is 3.36. The number of aromatic nitrogens is 1. The lowest BCUT2D eigenvalue weighted by Crippen LogP contribution is -2.41. The van der Waals surface area contributed by atoms with Crippen LogP contribution in [-0.4, -0.2) is 44.4 Å². The number of fused-ring (bicyclic) bond motifs is 1. The van der Waals surface area contributed by atoms with Gasteiger partial charge in [-0.15, -0.1) is 0 Å². The fraction of sp³-hybridized carbons (Fsp3) is 0.294. The molecule has 2 aromatic rings. The molecule has 1 aromatic carbocycles. The molecule has 0 saturated carbocycles. The SMILES string of the molecule is COC(=O)c1ccc(OC[C@@H]2CN(C)c3ccccc3O2)nc1. The molecule has 1 aliphatic rings. The van der Waals surface area contributed by atoms with Crippen molar-refractivity contribution in [2.75, 3.05) is 32.2 Å². The topological polar surface area (TPSA) is 60.9 Å². The lowest BCUT2D eigenvalue weighted by molar-refractivity contribution is 0.0600. The maximum Gasteiger partial charge on any atom is 0.339 e. The summed E-state index contributed by atoms with van der Waals surface area (Å²) in [4.78, 5) is 17.6. The van der Waals surface area contributed by atoms with Gasteiger partial charge in [-0.3, -0.25) is 0 Å². The third kappa shape index (κ3) is 3.36. The Morgan fingerprint density at radius 2 is 2.17 bits per heavy atom. The fourth-order valence-corrected chi connectivity index (χ4v) is 2.46. The van der Waals surface area contributed by atoms with Crippen LogP contribution < -0.4 is 14.4 Å². The number of methoxy groups -OCH3 is 1. The van der Waals surface area contributed by atoms with E-state index in [0.717, 1.165) is 18.0 Å². The van der Waals surface area contributed by atoms with Crippen molar-refractivity contribution in [3.8, 4) is 11.6 Å². The second kappa shape index (κ2) is 6.56. The molecule has 0 saturated heterocycles. The van der Waals surface area contributed by atoms with Crippen LogP contribution in [0.4, 0.5) is 5.69 Å². The molecule has 0 spiro atoms. The van der Waals surface area contributed by atoms with Crippen molar-refractivity contribution in [2.45, 2.75) is 6.10 Å². The van der Waals surface area contributed by atoms with Gasteiger partial charge in [0.15, 0.2) is 6.10 Å². The maximum absolute atomic E-state index is 11.4. The van der Waals surface area contributed by atoms with E-state index >= 15 is 0 Å². The lowest BCUT2D eigenvalue weighted by atomic mass is 10.2. The van der Waals surface area contributed by atoms with Gasteiger partial charge in [0.25, 0.3) is 0 Å². The Hall–Kier alpha value is -2.76. The summed E-state index contributed by atoms with van der Waals surface area (Å²) in [5.74, 6) is 0.879. The van der Waals surface area contributed by atoms with Crippen LogP contribution >= 0.6 is 0 Å². The number of carbonyl (C=O) groups excluding carboxylic acids is 1. The zero-order valence-electron chi connectivity index (χ0n) is 13.1. The Balaban J connectivity index is 1.60. The number of pyridine rings is 1. The van der Waals surface area contributed by atoms with E-state index in [-0.39, 0.29) is 6.10 Å². The summed E-state index contributed by atoms with van der Waals surface area (Å²) in [5.41, 5.74) is 1.46. The predicted molar refractivity (Wildman–Crippen MR) is 85.2 cm³/mol. The number of ether oxygens (including phenoxy) is 3. The number of nitrogens with zero attached hydrogens (tertiary/aromatic N) is 2. The highest BCUT2D eigenvalue weighted by Crippen LogP contribution is 2.31. The largest absolute Gasteiger partial charge is 0.483 e. The first-order chi connectivity index (χ1) is 11.2. The maximum atomic E-state index is 11.4. The number of hydrogen-bond acceptors (Lipinski definition) is 6. The first-order valence-electron chi connectivity index (χ1n) is 7.31. The summed E-state index contributed by atoms with van der Waals surface area (Å²) in [5, 5.41) is 0. The van der Waals surface area contributed by atoms with Crippen molar-refractivity contribution in [1.82, 2.24) is 4.98 Å². The minimum atomic E-state index is -0.419. The highest BCUT2D eigenvalue weighted by molar-refractivity contribution is 5.88. The second-order valence-corrected chi connectivity index (χ2v) is 5.28. The zero-order valence-corrected chi connectivity index (χ0v) is 13.1. The summed E-state index contributed by atoms with van der Waals surface area (Å²) in [6, 6.07) is 11.2. The average Bonchev–Trinajstić information content (AvgIpc) is 2.60. The van der Waals surface area contributed by atoms with Crippen LogP contribution in [0.5, 0.6) is 11.6 Å². The first kappa shape index (κ1) is 15.1. The van der Waals surface area contributed by atoms with Crippen LogP contribution in [0, 0.1) is 0 Å². The predicted octanol–water partition coefficient (Wildman–Crippen LogP) is 2.14. The van der Waals surface area contributed by atoms with Crippen molar-refractivity contribution in [3.05, 3.63) is 48.2 Å². The minimum absolute atomic E-state index is 0.0861. The summed E-state index contributed by atoms with van der Waals surface area (Å²) in [6.45, 7) is 1.11. The third-order valence-electron chi connectivity index (χ3n) is 3.62. The first-order valence-corrected chi connectivity index (χ1v) is 7.31. The molecule has 6 nitrogen and oxygen atoms in total. The van der Waals surface area contributed by atoms with Crippen LogP contribution in [0.25, 0.3) is 0 Å². The quantitative estimate of drug-likeness (QED) is 0.806. The van der Waals surface area contributed by atoms with E-state index in [1.807, 2.05) is 31.3 Å². The summed E-state index contributed by atoms with van der Waals surface area (Å²) >= 11 is 0. The van der Waals surface area contributed by atoms with Crippen LogP contribution in [0.2, 0.25) is 0 Å². The van der Waals surface area contributed by atoms with Gasteiger partial charge >= 0.3 is 5.97 Å². The van der Waals surface area contributed by atoms with E-state index in [9.17, 15) is 4.79 Å². The molecule has 1 aromatic heterocycles. The highest BCUT2D eigenvalue weighted by atomic mass is 16.5. The molecule has 3 rings (SSSR count). The number of rotatable bonds is 4. The Morgan fingerprint density at radius 1 is 1.35 bits per heavy atom. The van der Waals surface area contributed by atoms with Gasteiger partial charge in [-0.25, -0.2) is 9.78 Å². The van der Waals surface area contributed by atoms with Crippen LogP contribution in [0.3, 0.4) is 0 Å². The second-order valence-electron chi connectivity index (χ2n) is 5.28. The number of para-hydroxylation sites is 2. The van der Waals surface area contributed by atoms with Gasteiger partial charge in [0.1, 0.15) is 12.4 Å². The van der Waals surface area contributed by atoms with Crippen molar-refractivity contribution in [1.29, 1.82) is 0 Å². The third-order valence-corrected chi connectivity index (χ3v) is 3.62. The van der Waals surface area contributed by atoms with Gasteiger partial charge in [-0.2, -0.15) is 0 Å². The highest BCUT2D eigenvalue weighted by Gasteiger charge is 2.23. The molecule has 0 amide bonds. The van der Waals surface area contributed by atoms with Crippen molar-refractivity contribution >= 4 is 11.7 Å². The lowest BCUT2D eigenvalue weighted by Gasteiger charge is -2.33. The Bertz CT molecular complexity index is 687. The standard InChI is InChI=1S/C17H18N2O4/c1-19-10-13(23-15-6-4-3-5-14(15)19)11-22-16-8-7-12(9-18-16)17(20)21-2/h3-9,13H,10-11H2,1-2H3/t13-/m0/s1. The van der Waals surface area contributed by atoms with Crippen molar-refractivity contribution < 1.29 is 19.0 Å². The fourth-order valence-electron chi connectivity index (χ4n) is 2.46. The summed E-state index contributed by atoms with van der Waals surface area (Å²) < 4.78 is 16.2. The van der Waals surface area contributed by atoms with Gasteiger partial charge in [0, 0.05) is 19.3 Å². The molecule has 0 radical (unpaired) electrons. The van der Waals surface area contributed by atoms with E-state index in [1.54, 1.807) is 12.1 Å². The number of esters is 1. The van der Waals surface area contributed by atoms with E-state index in [4.69, 9.17) is 9.47 Å².